The van der Waals surface area contributed by atoms with Gasteiger partial charge in [-0.25, -0.2) is 4.98 Å². The van der Waals surface area contributed by atoms with Gasteiger partial charge in [0.15, 0.2) is 5.40 Å². The van der Waals surface area contributed by atoms with E-state index in [-0.39, 0.29) is 6.61 Å². The highest BCUT2D eigenvalue weighted by Gasteiger charge is 2.43. The normalized spacial score (nSPS) is 13.2. The van der Waals surface area contributed by atoms with Crippen LogP contribution in [0.4, 0.5) is 0 Å². The quantitative estimate of drug-likeness (QED) is 0.338. The largest absolute Gasteiger partial charge is 0.379 e. The van der Waals surface area contributed by atoms with E-state index in [1.54, 1.807) is 6.20 Å². The van der Waals surface area contributed by atoms with Crippen molar-refractivity contribution in [3.63, 3.8) is 0 Å². The molecule has 0 saturated heterocycles. The van der Waals surface area contributed by atoms with Crippen LogP contribution in [-0.2, 0) is 20.3 Å². The monoisotopic (exact) mass is 300 g/mol. The summed E-state index contributed by atoms with van der Waals surface area (Å²) in [6.45, 7) is -0.667. The molecule has 104 valence electrons. The van der Waals surface area contributed by atoms with E-state index in [1.165, 1.54) is 6.20 Å². The Morgan fingerprint density at radius 3 is 2.33 bits per heavy atom. The first-order valence-corrected chi connectivity index (χ1v) is 8.24. The number of hydrogen-bond donors (Lipinski definition) is 5. The van der Waals surface area contributed by atoms with Crippen molar-refractivity contribution in [1.82, 2.24) is 9.97 Å². The molecule has 0 unspecified atom stereocenters. The molecule has 11 heteroatoms. The Balaban J connectivity index is 2.44. The van der Waals surface area contributed by atoms with Gasteiger partial charge >= 0.3 is 15.2 Å². The van der Waals surface area contributed by atoms with E-state index in [4.69, 9.17) is 24.3 Å². The van der Waals surface area contributed by atoms with Crippen molar-refractivity contribution in [3.8, 4) is 0 Å². The van der Waals surface area contributed by atoms with Gasteiger partial charge in [-0.05, 0) is 0 Å². The standard InChI is InChI=1S/C7H14N2O7P2/c10-17(11,12)7(18(13,14)15)5-16-4-1-6-8-2-3-9-6/h2-3,7H,1,4-5H2,(H,8,9)(H2,10,11,12)(H2,13,14,15). The first-order chi connectivity index (χ1) is 8.21. The molecule has 0 aliphatic heterocycles. The smallest absolute Gasteiger partial charge is 0.343 e. The number of nitrogens with zero attached hydrogens (tertiary/aromatic N) is 1. The molecule has 1 rings (SSSR count). The van der Waals surface area contributed by atoms with Crippen LogP contribution in [0.2, 0.25) is 0 Å². The Bertz CT molecular complexity index is 428. The first-order valence-electron chi connectivity index (χ1n) is 4.87. The molecule has 0 atom stereocenters. The number of aromatic amines is 1. The molecular formula is C7H14N2O7P2. The lowest BCUT2D eigenvalue weighted by Gasteiger charge is -2.19. The number of imidazole rings is 1. The third kappa shape index (κ3) is 4.99. The van der Waals surface area contributed by atoms with Crippen LogP contribution in [0.15, 0.2) is 12.4 Å². The SMILES string of the molecule is O=P(O)(O)C(COCCc1ncc[nH]1)P(=O)(O)O. The van der Waals surface area contributed by atoms with Crippen LogP contribution in [-0.4, -0.2) is 48.2 Å². The summed E-state index contributed by atoms with van der Waals surface area (Å²) < 4.78 is 26.7. The topological polar surface area (TPSA) is 153 Å². The van der Waals surface area contributed by atoms with Crippen LogP contribution in [0.5, 0.6) is 0 Å². The molecule has 0 amide bonds. The van der Waals surface area contributed by atoms with Gasteiger partial charge in [0.05, 0.1) is 13.2 Å². The molecular weight excluding hydrogens is 286 g/mol. The highest BCUT2D eigenvalue weighted by molar-refractivity contribution is 7.70. The van der Waals surface area contributed by atoms with Gasteiger partial charge in [0.2, 0.25) is 0 Å². The Morgan fingerprint density at radius 1 is 1.28 bits per heavy atom. The Morgan fingerprint density at radius 2 is 1.89 bits per heavy atom. The van der Waals surface area contributed by atoms with Crippen LogP contribution in [0.3, 0.4) is 0 Å². The van der Waals surface area contributed by atoms with Crippen molar-refractivity contribution in [2.75, 3.05) is 13.2 Å². The van der Waals surface area contributed by atoms with Crippen molar-refractivity contribution < 1.29 is 33.4 Å². The predicted molar refractivity (Wildman–Crippen MR) is 61.0 cm³/mol. The summed E-state index contributed by atoms with van der Waals surface area (Å²) in [5.74, 6) is 0.610. The molecule has 0 radical (unpaired) electrons. The van der Waals surface area contributed by atoms with E-state index >= 15 is 0 Å². The minimum Gasteiger partial charge on any atom is -0.379 e. The van der Waals surface area contributed by atoms with Gasteiger partial charge in [0.1, 0.15) is 5.82 Å². The number of ether oxygens (including phenoxy) is 1. The summed E-state index contributed by atoms with van der Waals surface area (Å²) in [6, 6.07) is 0. The van der Waals surface area contributed by atoms with Crippen molar-refractivity contribution in [2.45, 2.75) is 11.8 Å². The van der Waals surface area contributed by atoms with Crippen LogP contribution in [0, 0.1) is 0 Å². The van der Waals surface area contributed by atoms with Crippen LogP contribution < -0.4 is 0 Å². The fourth-order valence-electron chi connectivity index (χ4n) is 1.18. The molecule has 0 fully saturated rings. The van der Waals surface area contributed by atoms with Gasteiger partial charge < -0.3 is 29.3 Å². The summed E-state index contributed by atoms with van der Waals surface area (Å²) in [6.07, 6.45) is 3.48. The van der Waals surface area contributed by atoms with Crippen LogP contribution in [0.25, 0.3) is 0 Å². The molecule has 5 N–H and O–H groups in total. The lowest BCUT2D eigenvalue weighted by atomic mass is 10.4. The minimum atomic E-state index is -4.91. The number of hydrogen-bond acceptors (Lipinski definition) is 4. The van der Waals surface area contributed by atoms with Gasteiger partial charge in [-0.2, -0.15) is 0 Å². The van der Waals surface area contributed by atoms with E-state index in [2.05, 4.69) is 9.97 Å². The van der Waals surface area contributed by atoms with Gasteiger partial charge in [0.25, 0.3) is 0 Å². The maximum atomic E-state index is 10.9. The maximum Gasteiger partial charge on any atom is 0.343 e. The maximum absolute atomic E-state index is 10.9. The third-order valence-electron chi connectivity index (χ3n) is 2.08. The number of H-pyrrole nitrogens is 1. The Kier molecular flexibility index (Phi) is 5.24. The second kappa shape index (κ2) is 6.08. The third-order valence-corrected chi connectivity index (χ3v) is 5.74. The highest BCUT2D eigenvalue weighted by Crippen LogP contribution is 2.59. The highest BCUT2D eigenvalue weighted by atomic mass is 31.2. The zero-order chi connectivity index (χ0) is 13.8. The second-order valence-electron chi connectivity index (χ2n) is 3.52. The minimum absolute atomic E-state index is 0.0456. The summed E-state index contributed by atoms with van der Waals surface area (Å²) in [4.78, 5) is 41.9. The molecule has 0 bridgehead atoms. The fourth-order valence-corrected chi connectivity index (χ4v) is 3.35. The number of nitrogens with one attached hydrogen (secondary N) is 1. The van der Waals surface area contributed by atoms with Crippen LogP contribution in [0.1, 0.15) is 5.82 Å². The Hall–Kier alpha value is -0.530. The summed E-state index contributed by atoms with van der Waals surface area (Å²) in [5.41, 5.74) is 0. The van der Waals surface area contributed by atoms with Crippen molar-refractivity contribution in [2.24, 2.45) is 0 Å². The van der Waals surface area contributed by atoms with Crippen molar-refractivity contribution in [3.05, 3.63) is 18.2 Å². The molecule has 18 heavy (non-hydrogen) atoms. The van der Waals surface area contributed by atoms with E-state index in [9.17, 15) is 9.13 Å². The molecule has 0 spiro atoms. The lowest BCUT2D eigenvalue weighted by Crippen LogP contribution is -2.17. The Labute approximate surface area is 103 Å². The van der Waals surface area contributed by atoms with E-state index in [0.29, 0.717) is 12.2 Å². The molecule has 1 aromatic heterocycles. The summed E-state index contributed by atoms with van der Waals surface area (Å²) in [5, 5.41) is -2.12. The molecule has 0 aliphatic carbocycles. The fraction of sp³-hybridized carbons (Fsp3) is 0.571. The molecule has 0 saturated carbocycles. The van der Waals surface area contributed by atoms with Crippen molar-refractivity contribution >= 4 is 15.2 Å². The van der Waals surface area contributed by atoms with E-state index in [0.717, 1.165) is 0 Å². The molecule has 1 aromatic rings. The van der Waals surface area contributed by atoms with E-state index < -0.39 is 27.2 Å². The average molecular weight is 300 g/mol. The molecule has 0 aromatic carbocycles. The van der Waals surface area contributed by atoms with Gasteiger partial charge in [-0.15, -0.1) is 0 Å². The molecule has 0 aliphatic rings. The second-order valence-corrected chi connectivity index (χ2v) is 7.53. The van der Waals surface area contributed by atoms with Crippen molar-refractivity contribution in [1.29, 1.82) is 0 Å². The zero-order valence-electron chi connectivity index (χ0n) is 9.21. The molecule has 9 nitrogen and oxygen atoms in total. The number of rotatable bonds is 7. The zero-order valence-corrected chi connectivity index (χ0v) is 11.0. The lowest BCUT2D eigenvalue weighted by molar-refractivity contribution is 0.136. The number of aromatic nitrogens is 2. The van der Waals surface area contributed by atoms with E-state index in [1.807, 2.05) is 0 Å². The van der Waals surface area contributed by atoms with Crippen LogP contribution >= 0.6 is 15.2 Å². The van der Waals surface area contributed by atoms with Gasteiger partial charge in [-0.1, -0.05) is 0 Å². The predicted octanol–water partition coefficient (Wildman–Crippen LogP) is -0.350. The average Bonchev–Trinajstić information content (AvgIpc) is 2.65. The van der Waals surface area contributed by atoms with Gasteiger partial charge in [0, 0.05) is 18.8 Å². The first kappa shape index (κ1) is 15.5. The summed E-state index contributed by atoms with van der Waals surface area (Å²) in [7, 11) is -9.82. The van der Waals surface area contributed by atoms with Gasteiger partial charge in [-0.3, -0.25) is 9.13 Å². The summed E-state index contributed by atoms with van der Waals surface area (Å²) >= 11 is 0. The molecule has 1 heterocycles.